The van der Waals surface area contributed by atoms with Crippen molar-refractivity contribution in [3.8, 4) is 11.4 Å². The first kappa shape index (κ1) is 22.1. The number of halogens is 1. The van der Waals surface area contributed by atoms with Gasteiger partial charge < -0.3 is 9.88 Å². The van der Waals surface area contributed by atoms with E-state index >= 15 is 0 Å². The van der Waals surface area contributed by atoms with E-state index in [1.807, 2.05) is 0 Å². The van der Waals surface area contributed by atoms with Crippen molar-refractivity contribution in [3.05, 3.63) is 59.7 Å². The first-order valence-corrected chi connectivity index (χ1v) is 12.0. The van der Waals surface area contributed by atoms with Gasteiger partial charge in [-0.05, 0) is 55.3 Å². The van der Waals surface area contributed by atoms with Crippen LogP contribution in [-0.2, 0) is 23.0 Å². The normalized spacial score (nSPS) is 13.9. The Labute approximate surface area is 185 Å². The maximum Gasteiger partial charge on any atom is 0.255 e. The highest BCUT2D eigenvalue weighted by Crippen LogP contribution is 2.27. The largest absolute Gasteiger partial charge is 0.319 e. The van der Waals surface area contributed by atoms with E-state index in [2.05, 4.69) is 24.8 Å². The Kier molecular flexibility index (Phi) is 6.33. The van der Waals surface area contributed by atoms with Crippen LogP contribution in [-0.4, -0.2) is 35.6 Å². The van der Waals surface area contributed by atoms with Crippen LogP contribution in [0.3, 0.4) is 0 Å². The zero-order valence-electron chi connectivity index (χ0n) is 17.6. The molecule has 0 aliphatic carbocycles. The van der Waals surface area contributed by atoms with E-state index in [0.717, 1.165) is 38.1 Å². The number of fused-ring (bicyclic) bond motifs is 1. The third-order valence-electron chi connectivity index (χ3n) is 5.34. The van der Waals surface area contributed by atoms with Gasteiger partial charge in [0.2, 0.25) is 10.0 Å². The van der Waals surface area contributed by atoms with Gasteiger partial charge in [-0.15, -0.1) is 10.2 Å². The van der Waals surface area contributed by atoms with E-state index in [1.165, 1.54) is 30.3 Å². The van der Waals surface area contributed by atoms with Crippen molar-refractivity contribution in [2.75, 3.05) is 11.9 Å². The number of hydrogen-bond donors (Lipinski definition) is 2. The average molecular weight is 458 g/mol. The van der Waals surface area contributed by atoms with Gasteiger partial charge in [-0.2, -0.15) is 0 Å². The first-order chi connectivity index (χ1) is 15.4. The SMILES string of the molecule is CCNS(=O)(=O)c1ccc(C(=O)Nc2cc(-c3nnc4n3CCCCC4)ccc2F)cc1. The Bertz CT molecular complexity index is 1240. The molecule has 2 aromatic carbocycles. The summed E-state index contributed by atoms with van der Waals surface area (Å²) < 4.78 is 43.0. The summed E-state index contributed by atoms with van der Waals surface area (Å²) in [4.78, 5) is 12.7. The molecule has 8 nitrogen and oxygen atoms in total. The third-order valence-corrected chi connectivity index (χ3v) is 6.90. The number of nitrogens with one attached hydrogen (secondary N) is 2. The van der Waals surface area contributed by atoms with Crippen molar-refractivity contribution in [2.24, 2.45) is 0 Å². The molecule has 1 amide bonds. The standard InChI is InChI=1S/C22H24FN5O3S/c1-2-24-32(30,31)17-10-7-15(8-11-17)22(29)25-19-14-16(9-12-18(19)23)21-27-26-20-6-4-3-5-13-28(20)21/h7-12,14,24H,2-6,13H2,1H3,(H,25,29). The molecule has 3 aromatic rings. The second kappa shape index (κ2) is 9.17. The molecular formula is C22H24FN5O3S. The fourth-order valence-electron chi connectivity index (χ4n) is 3.71. The van der Waals surface area contributed by atoms with Crippen LogP contribution in [0.2, 0.25) is 0 Å². The number of aromatic nitrogens is 3. The van der Waals surface area contributed by atoms with E-state index in [9.17, 15) is 17.6 Å². The number of sulfonamides is 1. The van der Waals surface area contributed by atoms with E-state index in [1.54, 1.807) is 19.1 Å². The van der Waals surface area contributed by atoms with Gasteiger partial charge >= 0.3 is 0 Å². The summed E-state index contributed by atoms with van der Waals surface area (Å²) in [5.74, 6) is 0.438. The number of aryl methyl sites for hydroxylation is 1. The molecule has 1 aromatic heterocycles. The third kappa shape index (κ3) is 4.56. The second-order valence-electron chi connectivity index (χ2n) is 7.58. The molecule has 1 aliphatic heterocycles. The van der Waals surface area contributed by atoms with Crippen LogP contribution in [0.25, 0.3) is 11.4 Å². The number of carbonyl (C=O) groups excluding carboxylic acids is 1. The monoisotopic (exact) mass is 457 g/mol. The lowest BCUT2D eigenvalue weighted by Crippen LogP contribution is -2.23. The zero-order chi connectivity index (χ0) is 22.7. The highest BCUT2D eigenvalue weighted by Gasteiger charge is 2.19. The number of anilines is 1. The number of nitrogens with zero attached hydrogens (tertiary/aromatic N) is 3. The molecule has 0 saturated carbocycles. The van der Waals surface area contributed by atoms with Crippen LogP contribution in [0.1, 0.15) is 42.4 Å². The van der Waals surface area contributed by atoms with Crippen LogP contribution in [0, 0.1) is 5.82 Å². The van der Waals surface area contributed by atoms with Gasteiger partial charge in [0.25, 0.3) is 5.91 Å². The Balaban J connectivity index is 1.56. The lowest BCUT2D eigenvalue weighted by Gasteiger charge is -2.11. The smallest absolute Gasteiger partial charge is 0.255 e. The van der Waals surface area contributed by atoms with E-state index in [-0.39, 0.29) is 22.7 Å². The molecule has 0 saturated heterocycles. The van der Waals surface area contributed by atoms with E-state index in [0.29, 0.717) is 11.4 Å². The van der Waals surface area contributed by atoms with Crippen LogP contribution in [0.4, 0.5) is 10.1 Å². The fraction of sp³-hybridized carbons (Fsp3) is 0.318. The summed E-state index contributed by atoms with van der Waals surface area (Å²) in [6.45, 7) is 2.74. The fourth-order valence-corrected chi connectivity index (χ4v) is 4.75. The average Bonchev–Trinajstić information content (AvgIpc) is 3.03. The van der Waals surface area contributed by atoms with Crippen molar-refractivity contribution in [1.29, 1.82) is 0 Å². The van der Waals surface area contributed by atoms with Gasteiger partial charge in [0, 0.05) is 30.6 Å². The quantitative estimate of drug-likeness (QED) is 0.590. The lowest BCUT2D eigenvalue weighted by atomic mass is 10.1. The van der Waals surface area contributed by atoms with Gasteiger partial charge in [0.15, 0.2) is 5.82 Å². The summed E-state index contributed by atoms with van der Waals surface area (Å²) in [6, 6.07) is 9.90. The summed E-state index contributed by atoms with van der Waals surface area (Å²) in [7, 11) is -3.62. The Hall–Kier alpha value is -3.11. The van der Waals surface area contributed by atoms with Crippen LogP contribution >= 0.6 is 0 Å². The molecule has 0 radical (unpaired) electrons. The van der Waals surface area contributed by atoms with Crippen LogP contribution < -0.4 is 10.0 Å². The van der Waals surface area contributed by atoms with E-state index < -0.39 is 21.7 Å². The number of benzene rings is 2. The van der Waals surface area contributed by atoms with Crippen molar-refractivity contribution >= 4 is 21.6 Å². The number of hydrogen-bond acceptors (Lipinski definition) is 5. The summed E-state index contributed by atoms with van der Waals surface area (Å²) in [6.07, 6.45) is 4.08. The highest BCUT2D eigenvalue weighted by atomic mass is 32.2. The molecule has 2 N–H and O–H groups in total. The lowest BCUT2D eigenvalue weighted by molar-refractivity contribution is 0.102. The van der Waals surface area contributed by atoms with Crippen LogP contribution in [0.5, 0.6) is 0 Å². The molecule has 0 spiro atoms. The molecule has 4 rings (SSSR count). The minimum atomic E-state index is -3.62. The predicted octanol–water partition coefficient (Wildman–Crippen LogP) is 3.36. The minimum absolute atomic E-state index is 0.0165. The molecule has 32 heavy (non-hydrogen) atoms. The Morgan fingerprint density at radius 2 is 1.88 bits per heavy atom. The van der Waals surface area contributed by atoms with Crippen molar-refractivity contribution < 1.29 is 17.6 Å². The summed E-state index contributed by atoms with van der Waals surface area (Å²) in [5.41, 5.74) is 0.888. The maximum absolute atomic E-state index is 14.5. The Morgan fingerprint density at radius 3 is 2.62 bits per heavy atom. The van der Waals surface area contributed by atoms with Gasteiger partial charge in [-0.1, -0.05) is 13.3 Å². The number of amides is 1. The van der Waals surface area contributed by atoms with Gasteiger partial charge in [-0.25, -0.2) is 17.5 Å². The minimum Gasteiger partial charge on any atom is -0.319 e. The van der Waals surface area contributed by atoms with Gasteiger partial charge in [-0.3, -0.25) is 4.79 Å². The molecular weight excluding hydrogens is 433 g/mol. The van der Waals surface area contributed by atoms with Crippen molar-refractivity contribution in [3.63, 3.8) is 0 Å². The van der Waals surface area contributed by atoms with Gasteiger partial charge in [0.1, 0.15) is 11.6 Å². The molecule has 0 atom stereocenters. The van der Waals surface area contributed by atoms with Crippen molar-refractivity contribution in [1.82, 2.24) is 19.5 Å². The topological polar surface area (TPSA) is 106 Å². The van der Waals surface area contributed by atoms with Crippen LogP contribution in [0.15, 0.2) is 47.4 Å². The Morgan fingerprint density at radius 1 is 1.09 bits per heavy atom. The second-order valence-corrected chi connectivity index (χ2v) is 9.34. The summed E-state index contributed by atoms with van der Waals surface area (Å²) >= 11 is 0. The molecule has 0 unspecified atom stereocenters. The van der Waals surface area contributed by atoms with Gasteiger partial charge in [0.05, 0.1) is 10.6 Å². The molecule has 168 valence electrons. The molecule has 1 aliphatic rings. The zero-order valence-corrected chi connectivity index (χ0v) is 18.5. The number of rotatable bonds is 6. The molecule has 0 bridgehead atoms. The maximum atomic E-state index is 14.5. The number of carbonyl (C=O) groups is 1. The molecule has 0 fully saturated rings. The first-order valence-electron chi connectivity index (χ1n) is 10.5. The predicted molar refractivity (Wildman–Crippen MR) is 118 cm³/mol. The molecule has 2 heterocycles. The summed E-state index contributed by atoms with van der Waals surface area (Å²) in [5, 5.41) is 11.1. The molecule has 10 heteroatoms. The van der Waals surface area contributed by atoms with E-state index in [4.69, 9.17) is 0 Å². The van der Waals surface area contributed by atoms with Crippen molar-refractivity contribution in [2.45, 2.75) is 44.0 Å². The highest BCUT2D eigenvalue weighted by molar-refractivity contribution is 7.89.